The number of halogens is 1. The normalized spacial score (nSPS) is 11.2. The van der Waals surface area contributed by atoms with E-state index in [9.17, 15) is 13.2 Å². The molecule has 0 radical (unpaired) electrons. The van der Waals surface area contributed by atoms with Gasteiger partial charge in [0.2, 0.25) is 10.0 Å². The Balaban J connectivity index is 2.37. The number of benzene rings is 2. The predicted molar refractivity (Wildman–Crippen MR) is 84.6 cm³/mol. The number of hydrogen-bond acceptors (Lipinski definition) is 3. The van der Waals surface area contributed by atoms with Crippen LogP contribution in [0.25, 0.3) is 0 Å². The summed E-state index contributed by atoms with van der Waals surface area (Å²) in [6.45, 7) is 1.59. The number of primary sulfonamides is 1. The van der Waals surface area contributed by atoms with Crippen molar-refractivity contribution in [3.8, 4) is 0 Å². The number of anilines is 1. The third kappa shape index (κ3) is 3.49. The Kier molecular flexibility index (Phi) is 4.46. The third-order valence-corrected chi connectivity index (χ3v) is 4.70. The number of carbonyl (C=O) groups excluding carboxylic acids is 1. The van der Waals surface area contributed by atoms with Crippen molar-refractivity contribution in [2.24, 2.45) is 5.14 Å². The lowest BCUT2D eigenvalue weighted by molar-refractivity contribution is 0.102. The van der Waals surface area contributed by atoms with Crippen LogP contribution in [0.3, 0.4) is 0 Å². The molecule has 2 rings (SSSR count). The first-order chi connectivity index (χ1) is 9.80. The molecular formula is C14H13BrN2O3S. The van der Waals surface area contributed by atoms with Crippen LogP contribution in [-0.2, 0) is 10.0 Å². The second kappa shape index (κ2) is 5.97. The zero-order valence-corrected chi connectivity index (χ0v) is 13.5. The molecule has 0 saturated heterocycles. The Labute approximate surface area is 131 Å². The first-order valence-corrected chi connectivity index (χ1v) is 8.33. The van der Waals surface area contributed by atoms with Crippen LogP contribution in [0, 0.1) is 6.92 Å². The molecule has 7 heteroatoms. The summed E-state index contributed by atoms with van der Waals surface area (Å²) in [5.74, 6) is -0.336. The van der Waals surface area contributed by atoms with E-state index in [1.807, 2.05) is 0 Å². The molecule has 5 nitrogen and oxygen atoms in total. The maximum absolute atomic E-state index is 12.2. The maximum atomic E-state index is 12.2. The van der Waals surface area contributed by atoms with Crippen molar-refractivity contribution in [1.82, 2.24) is 0 Å². The molecule has 0 aliphatic carbocycles. The highest BCUT2D eigenvalue weighted by atomic mass is 79.9. The van der Waals surface area contributed by atoms with Crippen LogP contribution in [0.4, 0.5) is 5.69 Å². The molecule has 0 fully saturated rings. The predicted octanol–water partition coefficient (Wildman–Crippen LogP) is 2.66. The number of nitrogens with one attached hydrogen (secondary N) is 1. The summed E-state index contributed by atoms with van der Waals surface area (Å²) in [4.78, 5) is 12.2. The smallest absolute Gasteiger partial charge is 0.256 e. The van der Waals surface area contributed by atoms with Gasteiger partial charge in [0.15, 0.2) is 0 Å². The second-order valence-corrected chi connectivity index (χ2v) is 6.79. The lowest BCUT2D eigenvalue weighted by atomic mass is 10.1. The van der Waals surface area contributed by atoms with Gasteiger partial charge in [-0.2, -0.15) is 0 Å². The minimum Gasteiger partial charge on any atom is -0.322 e. The summed E-state index contributed by atoms with van der Waals surface area (Å²) in [6, 6.07) is 11.5. The molecule has 21 heavy (non-hydrogen) atoms. The zero-order chi connectivity index (χ0) is 15.6. The van der Waals surface area contributed by atoms with Gasteiger partial charge in [0.05, 0.1) is 10.5 Å². The van der Waals surface area contributed by atoms with Crippen LogP contribution in [0.2, 0.25) is 0 Å². The number of sulfonamides is 1. The fourth-order valence-electron chi connectivity index (χ4n) is 1.89. The van der Waals surface area contributed by atoms with Crippen LogP contribution in [0.15, 0.2) is 51.8 Å². The van der Waals surface area contributed by atoms with Crippen molar-refractivity contribution in [2.75, 3.05) is 5.32 Å². The van der Waals surface area contributed by atoms with E-state index in [0.717, 1.165) is 0 Å². The molecule has 0 bridgehead atoms. The highest BCUT2D eigenvalue weighted by Crippen LogP contribution is 2.24. The van der Waals surface area contributed by atoms with Crippen molar-refractivity contribution in [2.45, 2.75) is 11.8 Å². The maximum Gasteiger partial charge on any atom is 0.256 e. The third-order valence-electron chi connectivity index (χ3n) is 2.96. The average Bonchev–Trinajstić information content (AvgIpc) is 2.40. The molecule has 2 aromatic carbocycles. The monoisotopic (exact) mass is 368 g/mol. The van der Waals surface area contributed by atoms with Crippen molar-refractivity contribution < 1.29 is 13.2 Å². The summed E-state index contributed by atoms with van der Waals surface area (Å²) in [6.07, 6.45) is 0. The van der Waals surface area contributed by atoms with Crippen LogP contribution in [0.5, 0.6) is 0 Å². The molecule has 0 aliphatic rings. The first kappa shape index (κ1) is 15.7. The van der Waals surface area contributed by atoms with Crippen LogP contribution < -0.4 is 10.5 Å². The molecule has 0 unspecified atom stereocenters. The van der Waals surface area contributed by atoms with Crippen molar-refractivity contribution in [1.29, 1.82) is 0 Å². The van der Waals surface area contributed by atoms with Gasteiger partial charge in [0.1, 0.15) is 0 Å². The number of hydrogen-bond donors (Lipinski definition) is 2. The van der Waals surface area contributed by atoms with Gasteiger partial charge in [-0.1, -0.05) is 18.2 Å². The number of amides is 1. The van der Waals surface area contributed by atoms with Gasteiger partial charge in [0, 0.05) is 10.2 Å². The molecule has 2 aromatic rings. The molecule has 0 heterocycles. The summed E-state index contributed by atoms with van der Waals surface area (Å²) in [5, 5.41) is 7.84. The topological polar surface area (TPSA) is 89.3 Å². The van der Waals surface area contributed by atoms with E-state index in [1.165, 1.54) is 12.1 Å². The van der Waals surface area contributed by atoms with E-state index < -0.39 is 10.0 Å². The van der Waals surface area contributed by atoms with E-state index in [4.69, 9.17) is 5.14 Å². The van der Waals surface area contributed by atoms with Gasteiger partial charge in [-0.15, -0.1) is 0 Å². The Morgan fingerprint density at radius 3 is 2.43 bits per heavy atom. The second-order valence-electron chi connectivity index (χ2n) is 4.41. The molecule has 0 spiro atoms. The highest BCUT2D eigenvalue weighted by Gasteiger charge is 2.16. The molecule has 1 amide bonds. The van der Waals surface area contributed by atoms with E-state index >= 15 is 0 Å². The fraction of sp³-hybridized carbons (Fsp3) is 0.0714. The summed E-state index contributed by atoms with van der Waals surface area (Å²) < 4.78 is 23.6. The Hall–Kier alpha value is -1.70. The van der Waals surface area contributed by atoms with Gasteiger partial charge in [0.25, 0.3) is 5.91 Å². The minimum atomic E-state index is -3.83. The number of rotatable bonds is 3. The largest absolute Gasteiger partial charge is 0.322 e. The highest BCUT2D eigenvalue weighted by molar-refractivity contribution is 9.10. The van der Waals surface area contributed by atoms with Crippen molar-refractivity contribution in [3.05, 3.63) is 58.1 Å². The quantitative estimate of drug-likeness (QED) is 0.872. The van der Waals surface area contributed by atoms with E-state index in [1.54, 1.807) is 37.3 Å². The molecule has 0 saturated carbocycles. The lowest BCUT2D eigenvalue weighted by Gasteiger charge is -2.12. The first-order valence-electron chi connectivity index (χ1n) is 5.99. The van der Waals surface area contributed by atoms with Gasteiger partial charge in [-0.05, 0) is 52.7 Å². The Morgan fingerprint density at radius 2 is 1.81 bits per heavy atom. The van der Waals surface area contributed by atoms with Crippen LogP contribution >= 0.6 is 15.9 Å². The number of nitrogens with two attached hydrogens (primary N) is 1. The summed E-state index contributed by atoms with van der Waals surface area (Å²) in [7, 11) is -3.83. The Morgan fingerprint density at radius 1 is 1.14 bits per heavy atom. The van der Waals surface area contributed by atoms with Crippen LogP contribution in [0.1, 0.15) is 15.9 Å². The van der Waals surface area contributed by atoms with Gasteiger partial charge >= 0.3 is 0 Å². The van der Waals surface area contributed by atoms with Crippen LogP contribution in [-0.4, -0.2) is 14.3 Å². The van der Waals surface area contributed by atoms with Gasteiger partial charge in [-0.3, -0.25) is 4.79 Å². The summed E-state index contributed by atoms with van der Waals surface area (Å²) in [5.41, 5.74) is 1.26. The van der Waals surface area contributed by atoms with Gasteiger partial charge in [-0.25, -0.2) is 13.6 Å². The lowest BCUT2D eigenvalue weighted by Crippen LogP contribution is -2.17. The average molecular weight is 369 g/mol. The van der Waals surface area contributed by atoms with Gasteiger partial charge < -0.3 is 5.32 Å². The standard InChI is InChI=1S/C14H13BrN2O3S/c1-9-12(7-4-8-13(9)21(16,19)20)17-14(18)10-5-2-3-6-11(10)15/h2-8H,1H3,(H,17,18)(H2,16,19,20). The van der Waals surface area contributed by atoms with E-state index in [0.29, 0.717) is 21.3 Å². The fourth-order valence-corrected chi connectivity index (χ4v) is 3.16. The summed E-state index contributed by atoms with van der Waals surface area (Å²) >= 11 is 3.30. The zero-order valence-electron chi connectivity index (χ0n) is 11.1. The SMILES string of the molecule is Cc1c(NC(=O)c2ccccc2Br)cccc1S(N)(=O)=O. The molecule has 0 atom stereocenters. The molecule has 0 aromatic heterocycles. The molecule has 3 N–H and O–H groups in total. The number of carbonyl (C=O) groups is 1. The van der Waals surface area contributed by atoms with Crippen molar-refractivity contribution in [3.63, 3.8) is 0 Å². The van der Waals surface area contributed by atoms with E-state index in [-0.39, 0.29) is 10.8 Å². The van der Waals surface area contributed by atoms with Crippen molar-refractivity contribution >= 4 is 37.5 Å². The van der Waals surface area contributed by atoms with E-state index in [2.05, 4.69) is 21.2 Å². The Bertz CT molecular complexity index is 804. The minimum absolute atomic E-state index is 0.00701. The molecule has 110 valence electrons. The molecule has 0 aliphatic heterocycles. The molecular weight excluding hydrogens is 356 g/mol.